The summed E-state index contributed by atoms with van der Waals surface area (Å²) in [4.78, 5) is 11.5. The van der Waals surface area contributed by atoms with Gasteiger partial charge in [-0.2, -0.15) is 0 Å². The third kappa shape index (κ3) is 6.41. The molecule has 1 aliphatic rings. The van der Waals surface area contributed by atoms with Crippen LogP contribution >= 0.6 is 11.6 Å². The van der Waals surface area contributed by atoms with Crippen LogP contribution in [0.5, 0.6) is 23.0 Å². The van der Waals surface area contributed by atoms with Gasteiger partial charge in [0.05, 0.1) is 0 Å². The summed E-state index contributed by atoms with van der Waals surface area (Å²) in [5.74, 6) is 1.15. The lowest BCUT2D eigenvalue weighted by molar-refractivity contribution is 0.0694. The van der Waals surface area contributed by atoms with E-state index in [1.165, 1.54) is 6.07 Å². The van der Waals surface area contributed by atoms with E-state index in [-0.39, 0.29) is 24.0 Å². The molecule has 1 aliphatic heterocycles. The van der Waals surface area contributed by atoms with Gasteiger partial charge in [-0.1, -0.05) is 29.8 Å². The molecule has 0 saturated carbocycles. The summed E-state index contributed by atoms with van der Waals surface area (Å²) < 4.78 is 17.5. The number of nitrogens with one attached hydrogen (secondary N) is 1. The Balaban J connectivity index is 1.26. The Morgan fingerprint density at radius 2 is 1.94 bits per heavy atom. The first-order valence-electron chi connectivity index (χ1n) is 11.0. The summed E-state index contributed by atoms with van der Waals surface area (Å²) in [6, 6.07) is 19.3. The average Bonchev–Trinajstić information content (AvgIpc) is 2.84. The Bertz CT molecular complexity index is 1120. The molecular weight excluding hydrogens is 458 g/mol. The fourth-order valence-electron chi connectivity index (χ4n) is 3.69. The van der Waals surface area contributed by atoms with Crippen LogP contribution in [0.15, 0.2) is 66.7 Å². The molecule has 7 nitrogen and oxygen atoms in total. The summed E-state index contributed by atoms with van der Waals surface area (Å²) in [7, 11) is 0. The average molecular weight is 484 g/mol. The molecule has 0 radical (unpaired) electrons. The molecule has 0 amide bonds. The van der Waals surface area contributed by atoms with Crippen LogP contribution in [0.1, 0.15) is 22.3 Å². The molecule has 0 aliphatic carbocycles. The molecule has 0 saturated heterocycles. The fourth-order valence-corrected chi connectivity index (χ4v) is 3.86. The second-order valence-corrected chi connectivity index (χ2v) is 8.47. The molecule has 0 spiro atoms. The standard InChI is InChI=1S/C26H26ClNO6/c27-18-7-10-25(23(13-18)26(30)31)33-21-9-11-24-17(12-21)6-8-22(34-24)15-28-14-19(29)16-32-20-4-2-1-3-5-20/h1-5,7,9-13,19,22,28-29H,6,8,14-16H2,(H,30,31)/t19-,22+/m0/s1. The number of fused-ring (bicyclic) bond motifs is 1. The highest BCUT2D eigenvalue weighted by molar-refractivity contribution is 6.31. The molecule has 0 bridgehead atoms. The van der Waals surface area contributed by atoms with E-state index in [1.807, 2.05) is 42.5 Å². The highest BCUT2D eigenvalue weighted by atomic mass is 35.5. The Morgan fingerprint density at radius 1 is 1.12 bits per heavy atom. The largest absolute Gasteiger partial charge is 0.491 e. The predicted octanol–water partition coefficient (Wildman–Crippen LogP) is 4.55. The minimum absolute atomic E-state index is 0.00367. The molecule has 0 unspecified atom stereocenters. The van der Waals surface area contributed by atoms with Gasteiger partial charge >= 0.3 is 5.97 Å². The number of aliphatic hydroxyl groups is 1. The summed E-state index contributed by atoms with van der Waals surface area (Å²) in [5, 5.41) is 23.1. The van der Waals surface area contributed by atoms with Crippen LogP contribution in [0.3, 0.4) is 0 Å². The Hall–Kier alpha value is -3.26. The summed E-state index contributed by atoms with van der Waals surface area (Å²) in [5.41, 5.74) is 1.000. The number of benzene rings is 3. The van der Waals surface area contributed by atoms with E-state index < -0.39 is 12.1 Å². The highest BCUT2D eigenvalue weighted by Gasteiger charge is 2.21. The van der Waals surface area contributed by atoms with Crippen LogP contribution < -0.4 is 19.5 Å². The van der Waals surface area contributed by atoms with E-state index in [2.05, 4.69) is 5.32 Å². The van der Waals surface area contributed by atoms with Crippen LogP contribution in [0.4, 0.5) is 0 Å². The van der Waals surface area contributed by atoms with Gasteiger partial charge in [0.15, 0.2) is 0 Å². The first kappa shape index (κ1) is 23.9. The number of aromatic carboxylic acids is 1. The van der Waals surface area contributed by atoms with E-state index in [0.29, 0.717) is 23.9 Å². The Morgan fingerprint density at radius 3 is 2.74 bits per heavy atom. The first-order chi connectivity index (χ1) is 16.5. The lowest BCUT2D eigenvalue weighted by atomic mass is 10.0. The number of hydrogen-bond acceptors (Lipinski definition) is 6. The molecule has 3 aromatic rings. The van der Waals surface area contributed by atoms with Crippen LogP contribution in [0, 0.1) is 0 Å². The zero-order valence-electron chi connectivity index (χ0n) is 18.4. The van der Waals surface area contributed by atoms with Crippen molar-refractivity contribution in [3.63, 3.8) is 0 Å². The van der Waals surface area contributed by atoms with Crippen molar-refractivity contribution >= 4 is 17.6 Å². The van der Waals surface area contributed by atoms with Crippen molar-refractivity contribution in [3.8, 4) is 23.0 Å². The second-order valence-electron chi connectivity index (χ2n) is 8.03. The molecule has 34 heavy (non-hydrogen) atoms. The van der Waals surface area contributed by atoms with Gasteiger partial charge in [0.1, 0.15) is 47.4 Å². The number of aliphatic hydroxyl groups excluding tert-OH is 1. The smallest absolute Gasteiger partial charge is 0.339 e. The number of ether oxygens (including phenoxy) is 3. The molecule has 2 atom stereocenters. The van der Waals surface area contributed by atoms with Crippen LogP contribution in [-0.4, -0.2) is 48.1 Å². The van der Waals surface area contributed by atoms with Crippen molar-refractivity contribution < 1.29 is 29.2 Å². The van der Waals surface area contributed by atoms with Crippen molar-refractivity contribution in [1.29, 1.82) is 0 Å². The minimum Gasteiger partial charge on any atom is -0.491 e. The lowest BCUT2D eigenvalue weighted by Crippen LogP contribution is -2.39. The Kier molecular flexibility index (Phi) is 7.90. The van der Waals surface area contributed by atoms with Gasteiger partial charge in [-0.05, 0) is 66.9 Å². The van der Waals surface area contributed by atoms with E-state index >= 15 is 0 Å². The van der Waals surface area contributed by atoms with Crippen molar-refractivity contribution in [3.05, 3.63) is 82.9 Å². The number of hydrogen-bond donors (Lipinski definition) is 3. The first-order valence-corrected chi connectivity index (χ1v) is 11.4. The number of halogens is 1. The summed E-state index contributed by atoms with van der Waals surface area (Å²) in [6.07, 6.45) is 0.961. The van der Waals surface area contributed by atoms with Crippen molar-refractivity contribution in [2.75, 3.05) is 19.7 Å². The van der Waals surface area contributed by atoms with Crippen molar-refractivity contribution in [1.82, 2.24) is 5.32 Å². The second kappa shape index (κ2) is 11.2. The normalized spacial score (nSPS) is 15.6. The SMILES string of the molecule is O=C(O)c1cc(Cl)ccc1Oc1ccc2c(c1)CC[C@H](CNC[C@H](O)COc1ccccc1)O2. The van der Waals surface area contributed by atoms with Crippen LogP contribution in [-0.2, 0) is 6.42 Å². The van der Waals surface area contributed by atoms with Gasteiger partial charge in [-0.25, -0.2) is 4.79 Å². The molecule has 4 rings (SSSR count). The quantitative estimate of drug-likeness (QED) is 0.389. The summed E-state index contributed by atoms with van der Waals surface area (Å²) in [6.45, 7) is 1.22. The van der Waals surface area contributed by atoms with Crippen LogP contribution in [0.2, 0.25) is 5.02 Å². The van der Waals surface area contributed by atoms with Crippen molar-refractivity contribution in [2.24, 2.45) is 0 Å². The topological polar surface area (TPSA) is 97.3 Å². The minimum atomic E-state index is -1.11. The Labute approximate surface area is 202 Å². The molecule has 1 heterocycles. The van der Waals surface area contributed by atoms with Gasteiger partial charge < -0.3 is 29.7 Å². The maximum absolute atomic E-state index is 11.5. The van der Waals surface area contributed by atoms with Gasteiger partial charge in [-0.3, -0.25) is 0 Å². The third-order valence-corrected chi connectivity index (χ3v) is 5.63. The number of carbonyl (C=O) groups is 1. The van der Waals surface area contributed by atoms with E-state index in [4.69, 9.17) is 25.8 Å². The van der Waals surface area contributed by atoms with Gasteiger partial charge in [0, 0.05) is 18.1 Å². The predicted molar refractivity (Wildman–Crippen MR) is 128 cm³/mol. The maximum Gasteiger partial charge on any atom is 0.339 e. The molecule has 3 N–H and O–H groups in total. The number of carboxylic acid groups (broad SMARTS) is 1. The zero-order valence-corrected chi connectivity index (χ0v) is 19.2. The van der Waals surface area contributed by atoms with E-state index in [1.54, 1.807) is 18.2 Å². The monoisotopic (exact) mass is 483 g/mol. The highest BCUT2D eigenvalue weighted by Crippen LogP contribution is 2.34. The fraction of sp³-hybridized carbons (Fsp3) is 0.269. The lowest BCUT2D eigenvalue weighted by Gasteiger charge is -2.27. The summed E-state index contributed by atoms with van der Waals surface area (Å²) >= 11 is 5.91. The maximum atomic E-state index is 11.5. The van der Waals surface area contributed by atoms with Gasteiger partial charge in [0.2, 0.25) is 0 Å². The van der Waals surface area contributed by atoms with E-state index in [0.717, 1.165) is 29.9 Å². The number of carboxylic acids is 1. The molecule has 3 aromatic carbocycles. The number of rotatable bonds is 10. The molecule has 178 valence electrons. The number of para-hydroxylation sites is 1. The van der Waals surface area contributed by atoms with Gasteiger partial charge in [-0.15, -0.1) is 0 Å². The van der Waals surface area contributed by atoms with Gasteiger partial charge in [0.25, 0.3) is 0 Å². The molecule has 0 aromatic heterocycles. The molecule has 8 heteroatoms. The van der Waals surface area contributed by atoms with E-state index in [9.17, 15) is 15.0 Å². The zero-order chi connectivity index (χ0) is 23.9. The molecular formula is C26H26ClNO6. The number of aryl methyl sites for hydroxylation is 1. The van der Waals surface area contributed by atoms with Crippen LogP contribution in [0.25, 0.3) is 0 Å². The van der Waals surface area contributed by atoms with Crippen molar-refractivity contribution in [2.45, 2.75) is 25.0 Å². The molecule has 0 fully saturated rings. The third-order valence-electron chi connectivity index (χ3n) is 5.40.